The van der Waals surface area contributed by atoms with Crippen LogP contribution in [-0.4, -0.2) is 30.2 Å². The SMILES string of the molecule is COC(=O)c1cccc(Cc2c(-c3ccoc3C)[nH]c3cc(OC)ccc23)n1. The highest BCUT2D eigenvalue weighted by atomic mass is 16.5. The summed E-state index contributed by atoms with van der Waals surface area (Å²) in [6.07, 6.45) is 2.23. The summed E-state index contributed by atoms with van der Waals surface area (Å²) < 4.78 is 15.7. The molecule has 0 saturated heterocycles. The molecule has 3 aromatic heterocycles. The Balaban J connectivity index is 1.85. The molecule has 1 N–H and O–H groups in total. The molecule has 6 nitrogen and oxygen atoms in total. The fraction of sp³-hybridized carbons (Fsp3) is 0.182. The number of carbonyl (C=O) groups is 1. The van der Waals surface area contributed by atoms with Gasteiger partial charge in [0.25, 0.3) is 0 Å². The van der Waals surface area contributed by atoms with Crippen molar-refractivity contribution in [3.8, 4) is 17.0 Å². The van der Waals surface area contributed by atoms with Crippen molar-refractivity contribution in [1.82, 2.24) is 9.97 Å². The van der Waals surface area contributed by atoms with Gasteiger partial charge in [0.15, 0.2) is 0 Å². The molecule has 0 unspecified atom stereocenters. The van der Waals surface area contributed by atoms with Crippen molar-refractivity contribution in [3.05, 3.63) is 71.4 Å². The lowest BCUT2D eigenvalue weighted by atomic mass is 10.0. The van der Waals surface area contributed by atoms with Crippen LogP contribution >= 0.6 is 0 Å². The molecule has 0 radical (unpaired) electrons. The number of methoxy groups -OCH3 is 2. The maximum absolute atomic E-state index is 11.8. The van der Waals surface area contributed by atoms with Crippen LogP contribution in [0.3, 0.4) is 0 Å². The minimum atomic E-state index is -0.448. The van der Waals surface area contributed by atoms with E-state index in [1.807, 2.05) is 43.3 Å². The Morgan fingerprint density at radius 1 is 1.18 bits per heavy atom. The molecule has 0 amide bonds. The van der Waals surface area contributed by atoms with Gasteiger partial charge in [0.1, 0.15) is 17.2 Å². The van der Waals surface area contributed by atoms with E-state index in [4.69, 9.17) is 13.9 Å². The standard InChI is InChI=1S/C22H20N2O4/c1-13-16(9-10-28-13)21-18(17-8-7-15(26-2)12-20(17)24-21)11-14-5-4-6-19(23-14)22(25)27-3/h4-10,12,24H,11H2,1-3H3. The average molecular weight is 376 g/mol. The van der Waals surface area contributed by atoms with Gasteiger partial charge in [0.05, 0.1) is 26.2 Å². The van der Waals surface area contributed by atoms with Crippen LogP contribution in [0.5, 0.6) is 5.75 Å². The van der Waals surface area contributed by atoms with Crippen LogP contribution in [0.2, 0.25) is 0 Å². The molecule has 6 heteroatoms. The molecule has 0 atom stereocenters. The predicted octanol–water partition coefficient (Wildman–Crippen LogP) is 4.52. The van der Waals surface area contributed by atoms with Crippen LogP contribution in [0.4, 0.5) is 0 Å². The van der Waals surface area contributed by atoms with E-state index in [0.29, 0.717) is 12.1 Å². The lowest BCUT2D eigenvalue weighted by Crippen LogP contribution is -2.06. The molecule has 0 aliphatic rings. The van der Waals surface area contributed by atoms with Crippen LogP contribution < -0.4 is 4.74 Å². The van der Waals surface area contributed by atoms with E-state index in [-0.39, 0.29) is 0 Å². The Kier molecular flexibility index (Phi) is 4.61. The number of furan rings is 1. The zero-order valence-corrected chi connectivity index (χ0v) is 15.9. The molecular formula is C22H20N2O4. The quantitative estimate of drug-likeness (QED) is 0.518. The first-order valence-corrected chi connectivity index (χ1v) is 8.88. The number of ether oxygens (including phenoxy) is 2. The number of aromatic amines is 1. The van der Waals surface area contributed by atoms with E-state index in [0.717, 1.165) is 44.9 Å². The highest BCUT2D eigenvalue weighted by Gasteiger charge is 2.18. The number of hydrogen-bond donors (Lipinski definition) is 1. The van der Waals surface area contributed by atoms with Crippen molar-refractivity contribution >= 4 is 16.9 Å². The number of fused-ring (bicyclic) bond motifs is 1. The smallest absolute Gasteiger partial charge is 0.356 e. The summed E-state index contributed by atoms with van der Waals surface area (Å²) in [5.41, 5.74) is 5.09. The average Bonchev–Trinajstić information content (AvgIpc) is 3.30. The molecular weight excluding hydrogens is 356 g/mol. The second-order valence-electron chi connectivity index (χ2n) is 6.46. The summed E-state index contributed by atoms with van der Waals surface area (Å²) >= 11 is 0. The number of nitrogens with one attached hydrogen (secondary N) is 1. The van der Waals surface area contributed by atoms with Crippen molar-refractivity contribution in [3.63, 3.8) is 0 Å². The topological polar surface area (TPSA) is 77.3 Å². The molecule has 4 rings (SSSR count). The maximum atomic E-state index is 11.8. The Hall–Kier alpha value is -3.54. The maximum Gasteiger partial charge on any atom is 0.356 e. The van der Waals surface area contributed by atoms with Crippen LogP contribution in [0.15, 0.2) is 53.1 Å². The first kappa shape index (κ1) is 17.9. The molecule has 0 fully saturated rings. The second kappa shape index (κ2) is 7.23. The highest BCUT2D eigenvalue weighted by molar-refractivity contribution is 5.92. The third-order valence-corrected chi connectivity index (χ3v) is 4.80. The fourth-order valence-electron chi connectivity index (χ4n) is 3.40. The van der Waals surface area contributed by atoms with Crippen molar-refractivity contribution in [2.45, 2.75) is 13.3 Å². The summed E-state index contributed by atoms with van der Waals surface area (Å²) in [5, 5.41) is 1.07. The minimum Gasteiger partial charge on any atom is -0.497 e. The minimum absolute atomic E-state index is 0.294. The van der Waals surface area contributed by atoms with Crippen molar-refractivity contribution in [1.29, 1.82) is 0 Å². The van der Waals surface area contributed by atoms with E-state index in [2.05, 4.69) is 9.97 Å². The number of nitrogens with zero attached hydrogens (tertiary/aromatic N) is 1. The molecule has 0 bridgehead atoms. The summed E-state index contributed by atoms with van der Waals surface area (Å²) in [6, 6.07) is 13.2. The number of aromatic nitrogens is 2. The van der Waals surface area contributed by atoms with Gasteiger partial charge in [-0.3, -0.25) is 0 Å². The van der Waals surface area contributed by atoms with Gasteiger partial charge in [-0.1, -0.05) is 6.07 Å². The van der Waals surface area contributed by atoms with Gasteiger partial charge in [-0.05, 0) is 42.8 Å². The number of carbonyl (C=O) groups excluding carboxylic acids is 1. The number of esters is 1. The molecule has 28 heavy (non-hydrogen) atoms. The van der Waals surface area contributed by atoms with E-state index in [1.165, 1.54) is 7.11 Å². The van der Waals surface area contributed by atoms with Gasteiger partial charge in [-0.15, -0.1) is 0 Å². The monoisotopic (exact) mass is 376 g/mol. The first-order chi connectivity index (χ1) is 13.6. The van der Waals surface area contributed by atoms with E-state index >= 15 is 0 Å². The second-order valence-corrected chi connectivity index (χ2v) is 6.46. The summed E-state index contributed by atoms with van der Waals surface area (Å²) in [5.74, 6) is 1.16. The Labute approximate surface area is 162 Å². The summed E-state index contributed by atoms with van der Waals surface area (Å²) in [6.45, 7) is 1.93. The number of rotatable bonds is 5. The van der Waals surface area contributed by atoms with E-state index < -0.39 is 5.97 Å². The van der Waals surface area contributed by atoms with Crippen LogP contribution in [-0.2, 0) is 11.2 Å². The zero-order valence-electron chi connectivity index (χ0n) is 15.9. The predicted molar refractivity (Wildman–Crippen MR) is 106 cm³/mol. The summed E-state index contributed by atoms with van der Waals surface area (Å²) in [4.78, 5) is 19.8. The fourth-order valence-corrected chi connectivity index (χ4v) is 3.40. The van der Waals surface area contributed by atoms with Gasteiger partial charge < -0.3 is 18.9 Å². The van der Waals surface area contributed by atoms with E-state index in [1.54, 1.807) is 19.4 Å². The molecule has 0 aliphatic heterocycles. The van der Waals surface area contributed by atoms with Gasteiger partial charge in [-0.2, -0.15) is 0 Å². The Morgan fingerprint density at radius 2 is 2.04 bits per heavy atom. The summed E-state index contributed by atoms with van der Waals surface area (Å²) in [7, 11) is 3.00. The lowest BCUT2D eigenvalue weighted by Gasteiger charge is -2.06. The largest absolute Gasteiger partial charge is 0.497 e. The van der Waals surface area contributed by atoms with Gasteiger partial charge in [0.2, 0.25) is 0 Å². The van der Waals surface area contributed by atoms with Gasteiger partial charge in [-0.25, -0.2) is 9.78 Å². The lowest BCUT2D eigenvalue weighted by molar-refractivity contribution is 0.0593. The first-order valence-electron chi connectivity index (χ1n) is 8.88. The molecule has 0 spiro atoms. The number of benzene rings is 1. The Bertz CT molecular complexity index is 1160. The molecule has 3 heterocycles. The molecule has 4 aromatic rings. The molecule has 0 aliphatic carbocycles. The van der Waals surface area contributed by atoms with Gasteiger partial charge in [0, 0.05) is 34.6 Å². The van der Waals surface area contributed by atoms with Gasteiger partial charge >= 0.3 is 5.97 Å². The number of pyridine rings is 1. The van der Waals surface area contributed by atoms with Crippen LogP contribution in [0, 0.1) is 6.92 Å². The normalized spacial score (nSPS) is 11.0. The Morgan fingerprint density at radius 3 is 2.75 bits per heavy atom. The number of aryl methyl sites for hydroxylation is 1. The van der Waals surface area contributed by atoms with Crippen LogP contribution in [0.25, 0.3) is 22.2 Å². The van der Waals surface area contributed by atoms with Crippen molar-refractivity contribution in [2.24, 2.45) is 0 Å². The highest BCUT2D eigenvalue weighted by Crippen LogP contribution is 2.35. The number of hydrogen-bond acceptors (Lipinski definition) is 5. The van der Waals surface area contributed by atoms with Crippen molar-refractivity contribution < 1.29 is 18.7 Å². The van der Waals surface area contributed by atoms with E-state index in [9.17, 15) is 4.79 Å². The molecule has 142 valence electrons. The molecule has 0 saturated carbocycles. The molecule has 1 aromatic carbocycles. The van der Waals surface area contributed by atoms with Crippen molar-refractivity contribution in [2.75, 3.05) is 14.2 Å². The third kappa shape index (κ3) is 3.13. The zero-order chi connectivity index (χ0) is 19.7. The number of H-pyrrole nitrogens is 1. The third-order valence-electron chi connectivity index (χ3n) is 4.80. The van der Waals surface area contributed by atoms with Crippen LogP contribution in [0.1, 0.15) is 27.5 Å².